The number of likely N-dealkylation sites (tertiary alicyclic amines) is 1. The summed E-state index contributed by atoms with van der Waals surface area (Å²) in [5.41, 5.74) is 2.31. The van der Waals surface area contributed by atoms with Gasteiger partial charge < -0.3 is 19.5 Å². The van der Waals surface area contributed by atoms with Crippen molar-refractivity contribution in [2.24, 2.45) is 0 Å². The number of fused-ring (bicyclic) bond motifs is 1. The Labute approximate surface area is 169 Å². The van der Waals surface area contributed by atoms with Crippen LogP contribution < -0.4 is 9.47 Å². The van der Waals surface area contributed by atoms with Crippen molar-refractivity contribution < 1.29 is 24.2 Å². The van der Waals surface area contributed by atoms with Crippen LogP contribution >= 0.6 is 0 Å². The summed E-state index contributed by atoms with van der Waals surface area (Å²) in [4.78, 5) is 27.2. The third-order valence-corrected chi connectivity index (χ3v) is 5.30. The van der Waals surface area contributed by atoms with Gasteiger partial charge in [-0.2, -0.15) is 0 Å². The molecule has 2 aliphatic rings. The van der Waals surface area contributed by atoms with Gasteiger partial charge >= 0.3 is 0 Å². The van der Waals surface area contributed by atoms with E-state index in [1.807, 2.05) is 38.1 Å². The predicted molar refractivity (Wildman–Crippen MR) is 108 cm³/mol. The molecule has 1 amide bonds. The van der Waals surface area contributed by atoms with E-state index in [1.54, 1.807) is 23.1 Å². The number of carbonyl (C=O) groups is 2. The molecule has 1 fully saturated rings. The van der Waals surface area contributed by atoms with Crippen molar-refractivity contribution in [2.45, 2.75) is 26.3 Å². The number of ether oxygens (including phenoxy) is 2. The molecule has 0 bridgehead atoms. The van der Waals surface area contributed by atoms with Crippen molar-refractivity contribution in [2.75, 3.05) is 19.8 Å². The first kappa shape index (κ1) is 19.1. The van der Waals surface area contributed by atoms with E-state index in [0.29, 0.717) is 43.2 Å². The van der Waals surface area contributed by atoms with Gasteiger partial charge in [0.2, 0.25) is 0 Å². The number of ketones is 1. The number of Topliss-reactive ketones (excluding diaryl/α,β-unsaturated/α-hetero) is 1. The first-order valence-corrected chi connectivity index (χ1v) is 9.77. The molecule has 29 heavy (non-hydrogen) atoms. The van der Waals surface area contributed by atoms with E-state index in [1.165, 1.54) is 0 Å². The topological polar surface area (TPSA) is 76.1 Å². The fourth-order valence-electron chi connectivity index (χ4n) is 3.91. The zero-order chi connectivity index (χ0) is 20.5. The highest BCUT2D eigenvalue weighted by Crippen LogP contribution is 2.41. The molecule has 6 nitrogen and oxygen atoms in total. The number of nitrogens with zero attached hydrogens (tertiary/aromatic N) is 1. The Kier molecular flexibility index (Phi) is 5.01. The van der Waals surface area contributed by atoms with Gasteiger partial charge in [0, 0.05) is 12.1 Å². The van der Waals surface area contributed by atoms with Crippen LogP contribution in [0.5, 0.6) is 11.5 Å². The molecule has 0 radical (unpaired) electrons. The molecule has 0 aliphatic carbocycles. The molecule has 6 heteroatoms. The van der Waals surface area contributed by atoms with Crippen molar-refractivity contribution in [3.63, 3.8) is 0 Å². The maximum Gasteiger partial charge on any atom is 0.295 e. The van der Waals surface area contributed by atoms with Crippen LogP contribution in [0.25, 0.3) is 5.76 Å². The van der Waals surface area contributed by atoms with E-state index in [-0.39, 0.29) is 11.3 Å². The molecule has 2 heterocycles. The molecular formula is C23H23NO5. The number of benzene rings is 2. The van der Waals surface area contributed by atoms with Crippen LogP contribution in [0.3, 0.4) is 0 Å². The van der Waals surface area contributed by atoms with Gasteiger partial charge in [0.15, 0.2) is 11.5 Å². The summed E-state index contributed by atoms with van der Waals surface area (Å²) < 4.78 is 11.1. The monoisotopic (exact) mass is 393 g/mol. The summed E-state index contributed by atoms with van der Waals surface area (Å²) in [6.07, 6.45) is 0.708. The highest BCUT2D eigenvalue weighted by atomic mass is 16.6. The summed E-state index contributed by atoms with van der Waals surface area (Å²) in [5.74, 6) is -0.351. The normalized spacial score (nSPS) is 20.2. The summed E-state index contributed by atoms with van der Waals surface area (Å²) >= 11 is 0. The van der Waals surface area contributed by atoms with Gasteiger partial charge in [-0.05, 0) is 42.7 Å². The Bertz CT molecular complexity index is 1010. The maximum absolute atomic E-state index is 12.9. The number of hydrogen-bond donors (Lipinski definition) is 1. The molecule has 2 aromatic rings. The first-order valence-electron chi connectivity index (χ1n) is 9.77. The third kappa shape index (κ3) is 3.24. The Morgan fingerprint density at radius 2 is 1.83 bits per heavy atom. The van der Waals surface area contributed by atoms with Crippen LogP contribution in [0, 0.1) is 6.92 Å². The second kappa shape index (κ2) is 7.62. The van der Waals surface area contributed by atoms with Crippen LogP contribution in [0.15, 0.2) is 48.0 Å². The van der Waals surface area contributed by atoms with Crippen LogP contribution in [0.2, 0.25) is 0 Å². The van der Waals surface area contributed by atoms with Gasteiger partial charge in [-0.3, -0.25) is 9.59 Å². The van der Waals surface area contributed by atoms with Crippen LogP contribution in [-0.2, 0) is 9.59 Å². The van der Waals surface area contributed by atoms with Crippen molar-refractivity contribution in [3.05, 3.63) is 64.7 Å². The van der Waals surface area contributed by atoms with Gasteiger partial charge in [-0.15, -0.1) is 0 Å². The minimum absolute atomic E-state index is 0.106. The molecule has 1 saturated heterocycles. The SMILES string of the molecule is CCCN1C(=O)C(=O)/C(=C(/O)c2ccc3c(c2)OCCO3)C1c1ccccc1C. The largest absolute Gasteiger partial charge is 0.507 e. The molecule has 150 valence electrons. The van der Waals surface area contributed by atoms with Gasteiger partial charge in [-0.1, -0.05) is 31.2 Å². The number of aliphatic hydroxyl groups is 1. The van der Waals surface area contributed by atoms with E-state index in [2.05, 4.69) is 0 Å². The molecule has 0 spiro atoms. The van der Waals surface area contributed by atoms with Crippen molar-refractivity contribution in [1.82, 2.24) is 4.90 Å². The number of carbonyl (C=O) groups excluding carboxylic acids is 2. The molecular weight excluding hydrogens is 370 g/mol. The summed E-state index contributed by atoms with van der Waals surface area (Å²) in [6.45, 7) is 5.21. The fraction of sp³-hybridized carbons (Fsp3) is 0.304. The van der Waals surface area contributed by atoms with Gasteiger partial charge in [0.25, 0.3) is 11.7 Å². The second-order valence-corrected chi connectivity index (χ2v) is 7.21. The molecule has 0 aromatic heterocycles. The molecule has 1 atom stereocenters. The van der Waals surface area contributed by atoms with Gasteiger partial charge in [-0.25, -0.2) is 0 Å². The van der Waals surface area contributed by atoms with Gasteiger partial charge in [0.05, 0.1) is 11.6 Å². The number of aliphatic hydroxyl groups excluding tert-OH is 1. The lowest BCUT2D eigenvalue weighted by Crippen LogP contribution is -2.30. The minimum Gasteiger partial charge on any atom is -0.507 e. The Morgan fingerprint density at radius 3 is 2.55 bits per heavy atom. The van der Waals surface area contributed by atoms with E-state index >= 15 is 0 Å². The zero-order valence-electron chi connectivity index (χ0n) is 16.5. The lowest BCUT2D eigenvalue weighted by atomic mass is 9.92. The van der Waals surface area contributed by atoms with Crippen LogP contribution in [-0.4, -0.2) is 41.5 Å². The first-order chi connectivity index (χ1) is 14.0. The number of amides is 1. The minimum atomic E-state index is -0.668. The van der Waals surface area contributed by atoms with E-state index < -0.39 is 17.7 Å². The highest BCUT2D eigenvalue weighted by molar-refractivity contribution is 6.46. The fourth-order valence-corrected chi connectivity index (χ4v) is 3.91. The predicted octanol–water partition coefficient (Wildman–Crippen LogP) is 3.60. The molecule has 1 N–H and O–H groups in total. The summed E-state index contributed by atoms with van der Waals surface area (Å²) in [7, 11) is 0. The van der Waals surface area contributed by atoms with Gasteiger partial charge in [0.1, 0.15) is 19.0 Å². The van der Waals surface area contributed by atoms with Crippen LogP contribution in [0.1, 0.15) is 36.1 Å². The lowest BCUT2D eigenvalue weighted by Gasteiger charge is -2.26. The molecule has 1 unspecified atom stereocenters. The summed E-state index contributed by atoms with van der Waals surface area (Å²) in [6, 6.07) is 12.0. The average Bonchev–Trinajstić information content (AvgIpc) is 2.98. The Balaban J connectivity index is 1.87. The van der Waals surface area contributed by atoms with Crippen molar-refractivity contribution >= 4 is 17.4 Å². The lowest BCUT2D eigenvalue weighted by molar-refractivity contribution is -0.139. The Hall–Kier alpha value is -3.28. The van der Waals surface area contributed by atoms with Crippen LogP contribution in [0.4, 0.5) is 0 Å². The van der Waals surface area contributed by atoms with Crippen molar-refractivity contribution in [3.8, 4) is 11.5 Å². The standard InChI is InChI=1S/C23H23NO5/c1-3-10-24-20(16-7-5-4-6-14(16)2)19(22(26)23(24)27)21(25)15-8-9-17-18(13-15)29-12-11-28-17/h4-9,13,20,25H,3,10-12H2,1-2H3/b21-19+. The molecule has 4 rings (SSSR count). The van der Waals surface area contributed by atoms with E-state index in [4.69, 9.17) is 9.47 Å². The number of rotatable bonds is 4. The maximum atomic E-state index is 12.9. The highest BCUT2D eigenvalue weighted by Gasteiger charge is 2.46. The summed E-state index contributed by atoms with van der Waals surface area (Å²) in [5, 5.41) is 11.1. The Morgan fingerprint density at radius 1 is 1.10 bits per heavy atom. The number of aryl methyl sites for hydroxylation is 1. The van der Waals surface area contributed by atoms with E-state index in [0.717, 1.165) is 11.1 Å². The zero-order valence-corrected chi connectivity index (χ0v) is 16.5. The molecule has 2 aromatic carbocycles. The quantitative estimate of drug-likeness (QED) is 0.488. The second-order valence-electron chi connectivity index (χ2n) is 7.21. The van der Waals surface area contributed by atoms with Crippen molar-refractivity contribution in [1.29, 1.82) is 0 Å². The smallest absolute Gasteiger partial charge is 0.295 e. The molecule has 0 saturated carbocycles. The number of hydrogen-bond acceptors (Lipinski definition) is 5. The molecule has 2 aliphatic heterocycles. The third-order valence-electron chi connectivity index (χ3n) is 5.30. The van der Waals surface area contributed by atoms with E-state index in [9.17, 15) is 14.7 Å². The average molecular weight is 393 g/mol.